The van der Waals surface area contributed by atoms with E-state index in [2.05, 4.69) is 0 Å². The molecule has 126 valence electrons. The Morgan fingerprint density at radius 3 is 2.83 bits per heavy atom. The minimum Gasteiger partial charge on any atom is -0.481 e. The van der Waals surface area contributed by atoms with Crippen LogP contribution in [0.4, 0.5) is 0 Å². The number of nitrogens with zero attached hydrogens (tertiary/aromatic N) is 2. The Labute approximate surface area is 134 Å². The molecule has 1 aromatic heterocycles. The van der Waals surface area contributed by atoms with Gasteiger partial charge in [-0.25, -0.2) is 0 Å². The van der Waals surface area contributed by atoms with Crippen LogP contribution in [0.15, 0.2) is 16.7 Å². The van der Waals surface area contributed by atoms with Crippen molar-refractivity contribution in [1.82, 2.24) is 9.80 Å². The lowest BCUT2D eigenvalue weighted by Crippen LogP contribution is -2.46. The van der Waals surface area contributed by atoms with Gasteiger partial charge in [-0.1, -0.05) is 6.92 Å². The number of likely N-dealkylation sites (N-methyl/N-ethyl adjacent to an activating group) is 1. The van der Waals surface area contributed by atoms with Crippen molar-refractivity contribution >= 4 is 17.8 Å². The third-order valence-corrected chi connectivity index (χ3v) is 4.14. The van der Waals surface area contributed by atoms with Crippen molar-refractivity contribution in [3.05, 3.63) is 23.7 Å². The smallest absolute Gasteiger partial charge is 0.308 e. The van der Waals surface area contributed by atoms with Gasteiger partial charge in [0.25, 0.3) is 5.91 Å². The van der Waals surface area contributed by atoms with Gasteiger partial charge in [0.1, 0.15) is 5.76 Å². The predicted molar refractivity (Wildman–Crippen MR) is 82.0 cm³/mol. The molecule has 0 radical (unpaired) electrons. The van der Waals surface area contributed by atoms with Crippen LogP contribution in [-0.4, -0.2) is 59.4 Å². The van der Waals surface area contributed by atoms with Crippen LogP contribution in [-0.2, 0) is 16.0 Å². The highest BCUT2D eigenvalue weighted by molar-refractivity contribution is 5.97. The lowest BCUT2D eigenvalue weighted by atomic mass is 9.98. The van der Waals surface area contributed by atoms with Gasteiger partial charge in [0.15, 0.2) is 0 Å². The fraction of sp³-hybridized carbons (Fsp3) is 0.562. The zero-order valence-electron chi connectivity index (χ0n) is 13.4. The number of rotatable bonds is 5. The van der Waals surface area contributed by atoms with Gasteiger partial charge in [-0.05, 0) is 18.9 Å². The maximum atomic E-state index is 12.4. The summed E-state index contributed by atoms with van der Waals surface area (Å²) < 4.78 is 5.24. The van der Waals surface area contributed by atoms with Gasteiger partial charge in [0.2, 0.25) is 5.91 Å². The van der Waals surface area contributed by atoms with Crippen molar-refractivity contribution in [2.24, 2.45) is 5.92 Å². The Bertz CT molecular complexity index is 595. The van der Waals surface area contributed by atoms with Crippen molar-refractivity contribution in [3.63, 3.8) is 0 Å². The van der Waals surface area contributed by atoms with E-state index in [4.69, 9.17) is 9.52 Å². The second kappa shape index (κ2) is 7.30. The monoisotopic (exact) mass is 322 g/mol. The van der Waals surface area contributed by atoms with Gasteiger partial charge >= 0.3 is 5.97 Å². The fourth-order valence-electron chi connectivity index (χ4n) is 2.79. The lowest BCUT2D eigenvalue weighted by molar-refractivity contribution is -0.145. The number of carboxylic acids is 1. The number of piperidine rings is 1. The van der Waals surface area contributed by atoms with E-state index in [1.807, 2.05) is 6.92 Å². The molecule has 1 fully saturated rings. The lowest BCUT2D eigenvalue weighted by Gasteiger charge is -2.32. The fourth-order valence-corrected chi connectivity index (χ4v) is 2.79. The highest BCUT2D eigenvalue weighted by atomic mass is 16.4. The minimum absolute atomic E-state index is 0.0699. The molecule has 1 atom stereocenters. The SMILES string of the molecule is CCc1occc1C(=O)N(C)CC(=O)N1CCCC(C(=O)O)C1. The van der Waals surface area contributed by atoms with Gasteiger partial charge in [-0.2, -0.15) is 0 Å². The maximum absolute atomic E-state index is 12.4. The molecule has 1 saturated heterocycles. The molecule has 7 nitrogen and oxygen atoms in total. The highest BCUT2D eigenvalue weighted by Gasteiger charge is 2.29. The number of furan rings is 1. The van der Waals surface area contributed by atoms with Crippen LogP contribution in [0.3, 0.4) is 0 Å². The molecular formula is C16H22N2O5. The molecule has 1 N–H and O–H groups in total. The molecule has 1 aliphatic rings. The van der Waals surface area contributed by atoms with Crippen LogP contribution in [0.5, 0.6) is 0 Å². The molecule has 0 aromatic carbocycles. The molecule has 1 aromatic rings. The van der Waals surface area contributed by atoms with Crippen LogP contribution in [0.2, 0.25) is 0 Å². The van der Waals surface area contributed by atoms with E-state index in [1.165, 1.54) is 16.1 Å². The maximum Gasteiger partial charge on any atom is 0.308 e. The van der Waals surface area contributed by atoms with Gasteiger partial charge in [0, 0.05) is 26.6 Å². The summed E-state index contributed by atoms with van der Waals surface area (Å²) in [5.41, 5.74) is 0.463. The van der Waals surface area contributed by atoms with Crippen molar-refractivity contribution < 1.29 is 23.9 Å². The number of hydrogen-bond donors (Lipinski definition) is 1. The Morgan fingerprint density at radius 1 is 1.43 bits per heavy atom. The molecule has 0 spiro atoms. The number of carbonyl (C=O) groups excluding carboxylic acids is 2. The van der Waals surface area contributed by atoms with Gasteiger partial charge in [-0.3, -0.25) is 14.4 Å². The van der Waals surface area contributed by atoms with E-state index in [0.29, 0.717) is 37.1 Å². The molecule has 0 bridgehead atoms. The summed E-state index contributed by atoms with van der Waals surface area (Å²) in [7, 11) is 1.56. The van der Waals surface area contributed by atoms with Crippen LogP contribution in [0.25, 0.3) is 0 Å². The zero-order chi connectivity index (χ0) is 17.0. The number of amides is 2. The third kappa shape index (κ3) is 3.91. The number of aryl methyl sites for hydroxylation is 1. The molecule has 1 aliphatic heterocycles. The summed E-state index contributed by atoms with van der Waals surface area (Å²) in [5, 5.41) is 9.08. The van der Waals surface area contributed by atoms with Gasteiger partial charge in [0.05, 0.1) is 24.3 Å². The van der Waals surface area contributed by atoms with E-state index >= 15 is 0 Å². The van der Waals surface area contributed by atoms with Crippen LogP contribution in [0, 0.1) is 5.92 Å². The second-order valence-electron chi connectivity index (χ2n) is 5.79. The molecule has 0 saturated carbocycles. The quantitative estimate of drug-likeness (QED) is 0.880. The first-order valence-electron chi connectivity index (χ1n) is 7.76. The number of aliphatic carboxylic acids is 1. The Kier molecular flexibility index (Phi) is 5.41. The summed E-state index contributed by atoms with van der Waals surface area (Å²) in [5.74, 6) is -1.30. The van der Waals surface area contributed by atoms with Crippen molar-refractivity contribution in [2.75, 3.05) is 26.7 Å². The molecule has 0 aliphatic carbocycles. The van der Waals surface area contributed by atoms with Crippen molar-refractivity contribution in [2.45, 2.75) is 26.2 Å². The van der Waals surface area contributed by atoms with E-state index in [-0.39, 0.29) is 24.9 Å². The van der Waals surface area contributed by atoms with Gasteiger partial charge < -0.3 is 19.3 Å². The van der Waals surface area contributed by atoms with Crippen LogP contribution >= 0.6 is 0 Å². The first-order valence-corrected chi connectivity index (χ1v) is 7.76. The normalized spacial score (nSPS) is 17.8. The van der Waals surface area contributed by atoms with Crippen LogP contribution < -0.4 is 0 Å². The number of hydrogen-bond acceptors (Lipinski definition) is 4. The molecule has 1 unspecified atom stereocenters. The highest BCUT2D eigenvalue weighted by Crippen LogP contribution is 2.17. The summed E-state index contributed by atoms with van der Waals surface area (Å²) in [6.07, 6.45) is 3.32. The Hall–Kier alpha value is -2.31. The average molecular weight is 322 g/mol. The number of carbonyl (C=O) groups is 3. The number of carboxylic acid groups (broad SMARTS) is 1. The molecule has 2 rings (SSSR count). The van der Waals surface area contributed by atoms with E-state index in [0.717, 1.165) is 0 Å². The van der Waals surface area contributed by atoms with Gasteiger partial charge in [-0.15, -0.1) is 0 Å². The van der Waals surface area contributed by atoms with Crippen LogP contribution in [0.1, 0.15) is 35.9 Å². The summed E-state index contributed by atoms with van der Waals surface area (Å²) in [6.45, 7) is 2.57. The predicted octanol–water partition coefficient (Wildman–Crippen LogP) is 1.24. The molecular weight excluding hydrogens is 300 g/mol. The second-order valence-corrected chi connectivity index (χ2v) is 5.79. The van der Waals surface area contributed by atoms with E-state index < -0.39 is 11.9 Å². The standard InChI is InChI=1S/C16H22N2O5/c1-3-13-12(6-8-23-13)15(20)17(2)10-14(19)18-7-4-5-11(9-18)16(21)22/h6,8,11H,3-5,7,9-10H2,1-2H3,(H,21,22). The van der Waals surface area contributed by atoms with Crippen molar-refractivity contribution in [3.8, 4) is 0 Å². The first kappa shape index (κ1) is 17.1. The number of likely N-dealkylation sites (tertiary alicyclic amines) is 1. The minimum atomic E-state index is -0.877. The van der Waals surface area contributed by atoms with E-state index in [1.54, 1.807) is 13.1 Å². The topological polar surface area (TPSA) is 91.1 Å². The molecule has 23 heavy (non-hydrogen) atoms. The molecule has 2 amide bonds. The third-order valence-electron chi connectivity index (χ3n) is 4.14. The average Bonchev–Trinajstić information content (AvgIpc) is 3.02. The summed E-state index contributed by atoms with van der Waals surface area (Å²) in [4.78, 5) is 38.6. The zero-order valence-corrected chi connectivity index (χ0v) is 13.4. The largest absolute Gasteiger partial charge is 0.481 e. The summed E-state index contributed by atoms with van der Waals surface area (Å²) >= 11 is 0. The Balaban J connectivity index is 1.96. The molecule has 7 heteroatoms. The Morgan fingerprint density at radius 2 is 2.17 bits per heavy atom. The van der Waals surface area contributed by atoms with E-state index in [9.17, 15) is 14.4 Å². The van der Waals surface area contributed by atoms with Crippen molar-refractivity contribution in [1.29, 1.82) is 0 Å². The summed E-state index contributed by atoms with van der Waals surface area (Å²) in [6, 6.07) is 1.60. The molecule has 2 heterocycles. The first-order chi connectivity index (χ1) is 10.9.